The lowest BCUT2D eigenvalue weighted by Crippen LogP contribution is -2.53. The van der Waals surface area contributed by atoms with Crippen molar-refractivity contribution in [2.24, 2.45) is 0 Å². The van der Waals surface area contributed by atoms with Gasteiger partial charge in [-0.2, -0.15) is 0 Å². The van der Waals surface area contributed by atoms with E-state index in [0.717, 1.165) is 103 Å². The largest absolute Gasteiger partial charge is 0.481 e. The van der Waals surface area contributed by atoms with Crippen LogP contribution in [0.2, 0.25) is 0 Å². The summed E-state index contributed by atoms with van der Waals surface area (Å²) in [6.07, 6.45) is 6.12. The summed E-state index contributed by atoms with van der Waals surface area (Å²) in [6, 6.07) is 23.4. The molecule has 4 aliphatic heterocycles. The quantitative estimate of drug-likeness (QED) is 0.173. The first-order chi connectivity index (χ1) is 26.9. The van der Waals surface area contributed by atoms with Crippen LogP contribution in [-0.2, 0) is 9.59 Å². The molecule has 3 fully saturated rings. The molecular weight excluding hydrogens is 695 g/mol. The Morgan fingerprint density at radius 3 is 2.35 bits per heavy atom. The molecule has 13 heteroatoms. The first-order valence-corrected chi connectivity index (χ1v) is 19.3. The second kappa shape index (κ2) is 15.1. The fourth-order valence-corrected chi connectivity index (χ4v) is 8.17. The Hall–Kier alpha value is -5.95. The molecule has 6 heterocycles. The maximum absolute atomic E-state index is 12.1. The summed E-state index contributed by atoms with van der Waals surface area (Å²) in [7, 11) is 0. The number of rotatable bonds is 8. The number of hydrogen-bond donors (Lipinski definition) is 3. The van der Waals surface area contributed by atoms with Crippen molar-refractivity contribution in [3.8, 4) is 22.8 Å². The lowest BCUT2D eigenvalue weighted by Gasteiger charge is -2.43. The van der Waals surface area contributed by atoms with E-state index >= 15 is 0 Å². The average Bonchev–Trinajstić information content (AvgIpc) is 3.23. The predicted molar refractivity (Wildman–Crippen MR) is 213 cm³/mol. The number of amides is 2. The number of pyridine rings is 1. The van der Waals surface area contributed by atoms with Gasteiger partial charge < -0.3 is 29.9 Å². The van der Waals surface area contributed by atoms with Crippen molar-refractivity contribution >= 4 is 51.4 Å². The first-order valence-electron chi connectivity index (χ1n) is 19.3. The molecular formula is C42H45N9O4. The van der Waals surface area contributed by atoms with Gasteiger partial charge in [0.1, 0.15) is 18.0 Å². The van der Waals surface area contributed by atoms with Crippen molar-refractivity contribution in [3.63, 3.8) is 0 Å². The highest BCUT2D eigenvalue weighted by molar-refractivity contribution is 6.00. The summed E-state index contributed by atoms with van der Waals surface area (Å²) in [5.74, 6) is 1.27. The zero-order valence-electron chi connectivity index (χ0n) is 31.0. The number of nitrogens with zero attached hydrogens (tertiary/aromatic N) is 6. The molecule has 9 rings (SSSR count). The maximum Gasteiger partial charge on any atom is 0.267 e. The summed E-state index contributed by atoms with van der Waals surface area (Å²) in [5.41, 5.74) is 8.38. The van der Waals surface area contributed by atoms with E-state index in [1.807, 2.05) is 24.5 Å². The van der Waals surface area contributed by atoms with Crippen LogP contribution in [0.15, 0.2) is 79.1 Å². The van der Waals surface area contributed by atoms with E-state index in [1.165, 1.54) is 5.69 Å². The van der Waals surface area contributed by atoms with Crippen LogP contribution in [-0.4, -0.2) is 96.2 Å². The SMILES string of the molecule is Cc1c(-c2ccc3cnc(Nc4ccc(N5CCC(N6CCN(c7ccc(OC8CCC(=O)NC8=O)cc7)CC6)CC5)cc4)nc3c2)cnc2c1NCCO2. The molecule has 55 heavy (non-hydrogen) atoms. The number of carbonyl (C=O) groups is 2. The Kier molecular flexibility index (Phi) is 9.53. The van der Waals surface area contributed by atoms with Gasteiger partial charge in [0.2, 0.25) is 17.7 Å². The number of carbonyl (C=O) groups excluding carboxylic acids is 2. The Labute approximate surface area is 320 Å². The molecule has 13 nitrogen and oxygen atoms in total. The van der Waals surface area contributed by atoms with Crippen LogP contribution in [0, 0.1) is 6.92 Å². The lowest BCUT2D eigenvalue weighted by molar-refractivity contribution is -0.138. The molecule has 2 aromatic heterocycles. The van der Waals surface area contributed by atoms with Crippen molar-refractivity contribution in [1.82, 2.24) is 25.2 Å². The molecule has 0 saturated carbocycles. The van der Waals surface area contributed by atoms with Gasteiger partial charge >= 0.3 is 0 Å². The summed E-state index contributed by atoms with van der Waals surface area (Å²) in [6.45, 7) is 9.58. The van der Waals surface area contributed by atoms with Crippen LogP contribution in [0.3, 0.4) is 0 Å². The summed E-state index contributed by atoms with van der Waals surface area (Å²) < 4.78 is 11.6. The maximum atomic E-state index is 12.1. The second-order valence-corrected chi connectivity index (χ2v) is 14.7. The van der Waals surface area contributed by atoms with Crippen molar-refractivity contribution < 1.29 is 19.1 Å². The minimum Gasteiger partial charge on any atom is -0.481 e. The number of aromatic nitrogens is 3. The van der Waals surface area contributed by atoms with E-state index in [2.05, 4.69) is 102 Å². The van der Waals surface area contributed by atoms with Crippen molar-refractivity contribution in [3.05, 3.63) is 84.7 Å². The topological polar surface area (TPSA) is 137 Å². The highest BCUT2D eigenvalue weighted by atomic mass is 16.5. The number of nitrogens with one attached hydrogen (secondary N) is 3. The van der Waals surface area contributed by atoms with Gasteiger partial charge in [0.15, 0.2) is 6.10 Å². The molecule has 3 N–H and O–H groups in total. The zero-order chi connectivity index (χ0) is 37.3. The lowest BCUT2D eigenvalue weighted by atomic mass is 10.00. The second-order valence-electron chi connectivity index (χ2n) is 14.7. The highest BCUT2D eigenvalue weighted by Gasteiger charge is 2.30. The van der Waals surface area contributed by atoms with Gasteiger partial charge in [0.25, 0.3) is 5.91 Å². The van der Waals surface area contributed by atoms with E-state index in [0.29, 0.717) is 43.1 Å². The van der Waals surface area contributed by atoms with E-state index < -0.39 is 6.10 Å². The number of anilines is 5. The molecule has 0 spiro atoms. The van der Waals surface area contributed by atoms with Gasteiger partial charge in [-0.15, -0.1) is 0 Å². The van der Waals surface area contributed by atoms with Gasteiger partial charge in [-0.25, -0.2) is 15.0 Å². The van der Waals surface area contributed by atoms with E-state index in [1.54, 1.807) is 0 Å². The fourth-order valence-electron chi connectivity index (χ4n) is 8.17. The van der Waals surface area contributed by atoms with Crippen LogP contribution in [0.4, 0.5) is 28.7 Å². The van der Waals surface area contributed by atoms with Gasteiger partial charge in [0, 0.05) is 105 Å². The highest BCUT2D eigenvalue weighted by Crippen LogP contribution is 2.36. The smallest absolute Gasteiger partial charge is 0.267 e. The molecule has 0 aliphatic carbocycles. The van der Waals surface area contributed by atoms with Crippen LogP contribution in [0.25, 0.3) is 22.0 Å². The molecule has 0 radical (unpaired) electrons. The van der Waals surface area contributed by atoms with Crippen LogP contribution in [0.5, 0.6) is 11.6 Å². The van der Waals surface area contributed by atoms with E-state index in [-0.39, 0.29) is 11.8 Å². The van der Waals surface area contributed by atoms with Gasteiger partial charge in [0.05, 0.1) is 5.52 Å². The fraction of sp³-hybridized carbons (Fsp3) is 0.357. The minimum absolute atomic E-state index is 0.238. The Morgan fingerprint density at radius 2 is 1.58 bits per heavy atom. The third-order valence-corrected chi connectivity index (χ3v) is 11.3. The molecule has 1 atom stereocenters. The third-order valence-electron chi connectivity index (χ3n) is 11.3. The van der Waals surface area contributed by atoms with Crippen molar-refractivity contribution in [1.29, 1.82) is 0 Å². The Morgan fingerprint density at radius 1 is 0.836 bits per heavy atom. The number of ether oxygens (including phenoxy) is 2. The molecule has 5 aromatic rings. The van der Waals surface area contributed by atoms with Gasteiger partial charge in [-0.05, 0) is 85.5 Å². The number of fused-ring (bicyclic) bond motifs is 2. The normalized spacial score (nSPS) is 19.3. The summed E-state index contributed by atoms with van der Waals surface area (Å²) in [4.78, 5) is 45.0. The van der Waals surface area contributed by atoms with E-state index in [9.17, 15) is 9.59 Å². The average molecular weight is 740 g/mol. The number of benzene rings is 3. The number of piperazine rings is 1. The van der Waals surface area contributed by atoms with Crippen LogP contribution in [0.1, 0.15) is 31.2 Å². The molecule has 0 bridgehead atoms. The number of piperidine rings is 2. The number of hydrogen-bond acceptors (Lipinski definition) is 12. The van der Waals surface area contributed by atoms with Crippen LogP contribution >= 0.6 is 0 Å². The summed E-state index contributed by atoms with van der Waals surface area (Å²) in [5, 5.41) is 10.2. The monoisotopic (exact) mass is 739 g/mol. The van der Waals surface area contributed by atoms with Gasteiger partial charge in [-0.1, -0.05) is 12.1 Å². The molecule has 3 aromatic carbocycles. The first kappa shape index (κ1) is 34.8. The third kappa shape index (κ3) is 7.44. The van der Waals surface area contributed by atoms with E-state index in [4.69, 9.17) is 14.5 Å². The molecule has 3 saturated heterocycles. The minimum atomic E-state index is -0.620. The molecule has 282 valence electrons. The Bertz CT molecular complexity index is 2200. The predicted octanol–water partition coefficient (Wildman–Crippen LogP) is 5.52. The van der Waals surface area contributed by atoms with Gasteiger partial charge in [-0.3, -0.25) is 19.8 Å². The molecule has 2 amide bonds. The number of imide groups is 1. The summed E-state index contributed by atoms with van der Waals surface area (Å²) >= 11 is 0. The molecule has 4 aliphatic rings. The van der Waals surface area contributed by atoms with Crippen LogP contribution < -0.4 is 35.2 Å². The zero-order valence-corrected chi connectivity index (χ0v) is 31.0. The molecule has 1 unspecified atom stereocenters. The van der Waals surface area contributed by atoms with Crippen molar-refractivity contribution in [2.75, 3.05) is 72.9 Å². The standard InChI is InChI=1S/C42H45N9O4/c1-27-35(26-44-41-39(27)43-16-23-54-41)28-2-3-29-25-45-42(47-36(29)24-28)46-30-4-6-31(7-5-30)49-17-14-33(15-18-49)51-21-19-50(20-22-51)32-8-10-34(11-9-32)55-37-12-13-38(52)48-40(37)53/h2-11,24-26,33,37,43H,12-23H2,1H3,(H,45,46,47)(H,48,52,53). The van der Waals surface area contributed by atoms with Crippen molar-refractivity contribution in [2.45, 2.75) is 44.8 Å². The Balaban J connectivity index is 0.759.